The monoisotopic (exact) mass is 304 g/mol. The highest BCUT2D eigenvalue weighted by Gasteiger charge is 2.34. The molecule has 2 N–H and O–H groups in total. The number of nitriles is 1. The van der Waals surface area contributed by atoms with Crippen LogP contribution in [0.2, 0.25) is 0 Å². The Morgan fingerprint density at radius 2 is 2.04 bits per heavy atom. The van der Waals surface area contributed by atoms with Crippen molar-refractivity contribution < 1.29 is 0 Å². The second kappa shape index (κ2) is 5.36. The van der Waals surface area contributed by atoms with E-state index < -0.39 is 5.54 Å². The van der Waals surface area contributed by atoms with Crippen LogP contribution in [0.4, 0.5) is 5.82 Å². The number of anilines is 1. The van der Waals surface area contributed by atoms with Gasteiger partial charge in [-0.3, -0.25) is 0 Å². The van der Waals surface area contributed by atoms with Crippen molar-refractivity contribution in [2.75, 3.05) is 5.32 Å². The van der Waals surface area contributed by atoms with E-state index in [0.717, 1.165) is 42.3 Å². The van der Waals surface area contributed by atoms with Gasteiger partial charge >= 0.3 is 0 Å². The summed E-state index contributed by atoms with van der Waals surface area (Å²) in [7, 11) is 0. The molecule has 3 heterocycles. The van der Waals surface area contributed by atoms with Gasteiger partial charge in [0, 0.05) is 29.5 Å². The maximum atomic E-state index is 9.50. The number of pyridine rings is 1. The summed E-state index contributed by atoms with van der Waals surface area (Å²) in [5, 5.41) is 13.8. The molecule has 6 heteroatoms. The molecule has 1 fully saturated rings. The molecule has 4 rings (SSSR count). The van der Waals surface area contributed by atoms with Crippen molar-refractivity contribution in [1.82, 2.24) is 19.9 Å². The Bertz CT molecular complexity index is 885. The van der Waals surface area contributed by atoms with Crippen molar-refractivity contribution in [3.8, 4) is 17.5 Å². The van der Waals surface area contributed by atoms with Gasteiger partial charge in [-0.15, -0.1) is 0 Å². The van der Waals surface area contributed by atoms with Crippen molar-refractivity contribution in [3.05, 3.63) is 36.8 Å². The first kappa shape index (κ1) is 13.7. The standard InChI is InChI=1S/C17H16N6/c18-11-17(6-1-2-7-17)23-14-5-9-20-16(22-14)13-10-21-15-12(13)4-3-8-19-15/h3-5,8-10H,1-2,6-7H2,(H,19,21)(H,20,22,23). The lowest BCUT2D eigenvalue weighted by atomic mass is 10.00. The second-order valence-corrected chi connectivity index (χ2v) is 5.89. The van der Waals surface area contributed by atoms with Gasteiger partial charge in [0.2, 0.25) is 0 Å². The fourth-order valence-corrected chi connectivity index (χ4v) is 3.19. The van der Waals surface area contributed by atoms with Crippen LogP contribution in [0.15, 0.2) is 36.8 Å². The van der Waals surface area contributed by atoms with Crippen LogP contribution in [0.5, 0.6) is 0 Å². The number of nitrogens with zero attached hydrogens (tertiary/aromatic N) is 4. The van der Waals surface area contributed by atoms with Gasteiger partial charge in [0.1, 0.15) is 17.0 Å². The van der Waals surface area contributed by atoms with Crippen LogP contribution in [-0.2, 0) is 0 Å². The summed E-state index contributed by atoms with van der Waals surface area (Å²) < 4.78 is 0. The van der Waals surface area contributed by atoms with Crippen LogP contribution in [0.3, 0.4) is 0 Å². The van der Waals surface area contributed by atoms with Gasteiger partial charge in [-0.2, -0.15) is 5.26 Å². The van der Waals surface area contributed by atoms with Gasteiger partial charge in [0.15, 0.2) is 5.82 Å². The molecule has 0 saturated heterocycles. The molecule has 3 aromatic rings. The molecule has 3 aromatic heterocycles. The Labute approximate surface area is 133 Å². The largest absolute Gasteiger partial charge is 0.352 e. The van der Waals surface area contributed by atoms with E-state index in [1.54, 1.807) is 12.4 Å². The molecule has 6 nitrogen and oxygen atoms in total. The lowest BCUT2D eigenvalue weighted by Crippen LogP contribution is -2.33. The van der Waals surface area contributed by atoms with Crippen molar-refractivity contribution in [2.24, 2.45) is 0 Å². The molecule has 0 bridgehead atoms. The quantitative estimate of drug-likeness (QED) is 0.775. The Kier molecular flexibility index (Phi) is 3.19. The van der Waals surface area contributed by atoms with E-state index in [1.165, 1.54) is 0 Å². The lowest BCUT2D eigenvalue weighted by molar-refractivity contribution is 0.610. The second-order valence-electron chi connectivity index (χ2n) is 5.89. The average molecular weight is 304 g/mol. The summed E-state index contributed by atoms with van der Waals surface area (Å²) in [5.74, 6) is 1.32. The summed E-state index contributed by atoms with van der Waals surface area (Å²) >= 11 is 0. The van der Waals surface area contributed by atoms with Gasteiger partial charge in [-0.1, -0.05) is 0 Å². The summed E-state index contributed by atoms with van der Waals surface area (Å²) in [6, 6.07) is 8.12. The average Bonchev–Trinajstić information content (AvgIpc) is 3.22. The highest BCUT2D eigenvalue weighted by Crippen LogP contribution is 2.32. The van der Waals surface area contributed by atoms with Crippen LogP contribution in [-0.4, -0.2) is 25.5 Å². The zero-order valence-corrected chi connectivity index (χ0v) is 12.6. The van der Waals surface area contributed by atoms with Gasteiger partial charge in [-0.25, -0.2) is 15.0 Å². The molecular weight excluding hydrogens is 288 g/mol. The first-order valence-corrected chi connectivity index (χ1v) is 7.75. The third kappa shape index (κ3) is 2.40. The zero-order chi connectivity index (χ0) is 15.7. The Morgan fingerprint density at radius 1 is 1.17 bits per heavy atom. The van der Waals surface area contributed by atoms with Crippen LogP contribution in [0.1, 0.15) is 25.7 Å². The van der Waals surface area contributed by atoms with E-state index >= 15 is 0 Å². The summed E-state index contributed by atoms with van der Waals surface area (Å²) in [6.45, 7) is 0. The van der Waals surface area contributed by atoms with Crippen molar-refractivity contribution >= 4 is 16.9 Å². The number of H-pyrrole nitrogens is 1. The lowest BCUT2D eigenvalue weighted by Gasteiger charge is -2.22. The first-order valence-electron chi connectivity index (χ1n) is 7.75. The third-order valence-electron chi connectivity index (χ3n) is 4.39. The Morgan fingerprint density at radius 3 is 2.87 bits per heavy atom. The zero-order valence-electron chi connectivity index (χ0n) is 12.6. The highest BCUT2D eigenvalue weighted by atomic mass is 15.1. The van der Waals surface area contributed by atoms with E-state index in [0.29, 0.717) is 11.6 Å². The summed E-state index contributed by atoms with van der Waals surface area (Å²) in [5.41, 5.74) is 1.23. The molecule has 0 amide bonds. The third-order valence-corrected chi connectivity index (χ3v) is 4.39. The molecule has 0 atom stereocenters. The van der Waals surface area contributed by atoms with E-state index in [9.17, 15) is 5.26 Å². The Hall–Kier alpha value is -2.94. The van der Waals surface area contributed by atoms with Crippen molar-refractivity contribution in [2.45, 2.75) is 31.2 Å². The molecule has 23 heavy (non-hydrogen) atoms. The van der Waals surface area contributed by atoms with E-state index in [2.05, 4.69) is 31.3 Å². The van der Waals surface area contributed by atoms with Crippen LogP contribution >= 0.6 is 0 Å². The minimum atomic E-state index is -0.493. The number of rotatable bonds is 3. The van der Waals surface area contributed by atoms with E-state index in [4.69, 9.17) is 0 Å². The van der Waals surface area contributed by atoms with E-state index in [1.807, 2.05) is 24.4 Å². The van der Waals surface area contributed by atoms with Gasteiger partial charge in [-0.05, 0) is 43.9 Å². The predicted octanol–water partition coefficient (Wildman–Crippen LogP) is 3.27. The molecule has 0 aliphatic heterocycles. The number of hydrogen-bond donors (Lipinski definition) is 2. The smallest absolute Gasteiger partial charge is 0.163 e. The van der Waals surface area contributed by atoms with Crippen molar-refractivity contribution in [1.29, 1.82) is 5.26 Å². The predicted molar refractivity (Wildman–Crippen MR) is 87.6 cm³/mol. The minimum Gasteiger partial charge on any atom is -0.352 e. The van der Waals surface area contributed by atoms with Crippen molar-refractivity contribution in [3.63, 3.8) is 0 Å². The summed E-state index contributed by atoms with van der Waals surface area (Å²) in [6.07, 6.45) is 9.21. The fourth-order valence-electron chi connectivity index (χ4n) is 3.19. The van der Waals surface area contributed by atoms with Gasteiger partial charge < -0.3 is 10.3 Å². The SMILES string of the molecule is N#CC1(Nc2ccnc(-c3c[nH]c4ncccc34)n2)CCCC1. The maximum Gasteiger partial charge on any atom is 0.163 e. The number of fused-ring (bicyclic) bond motifs is 1. The minimum absolute atomic E-state index is 0.493. The molecule has 114 valence electrons. The molecule has 1 aliphatic rings. The molecule has 1 aliphatic carbocycles. The van der Waals surface area contributed by atoms with E-state index in [-0.39, 0.29) is 0 Å². The molecule has 0 unspecified atom stereocenters. The highest BCUT2D eigenvalue weighted by molar-refractivity contribution is 5.91. The topological polar surface area (TPSA) is 90.3 Å². The molecular formula is C17H16N6. The molecule has 0 radical (unpaired) electrons. The number of hydrogen-bond acceptors (Lipinski definition) is 5. The van der Waals surface area contributed by atoms with Gasteiger partial charge in [0.25, 0.3) is 0 Å². The summed E-state index contributed by atoms with van der Waals surface area (Å²) in [4.78, 5) is 16.4. The normalized spacial score (nSPS) is 16.3. The van der Waals surface area contributed by atoms with Gasteiger partial charge in [0.05, 0.1) is 6.07 Å². The molecule has 1 saturated carbocycles. The number of nitrogens with one attached hydrogen (secondary N) is 2. The molecule has 0 spiro atoms. The van der Waals surface area contributed by atoms with Crippen LogP contribution in [0, 0.1) is 11.3 Å². The van der Waals surface area contributed by atoms with Crippen LogP contribution < -0.4 is 5.32 Å². The number of aromatic amines is 1. The fraction of sp³-hybridized carbons (Fsp3) is 0.294. The van der Waals surface area contributed by atoms with Crippen LogP contribution in [0.25, 0.3) is 22.4 Å². The number of aromatic nitrogens is 4. The maximum absolute atomic E-state index is 9.50. The first-order chi connectivity index (χ1) is 11.3. The molecule has 0 aromatic carbocycles. The Balaban J connectivity index is 1.70.